The Balaban J connectivity index is 2.76. The Morgan fingerprint density at radius 1 is 0.944 bits per heavy atom. The Morgan fingerprint density at radius 2 is 1.50 bits per heavy atom. The van der Waals surface area contributed by atoms with Crippen LogP contribution in [0.15, 0.2) is 30.3 Å². The number of hydrogen-bond acceptors (Lipinski definition) is 2. The molecule has 0 aliphatic rings. The summed E-state index contributed by atoms with van der Waals surface area (Å²) >= 11 is 0. The second-order valence-electron chi connectivity index (χ2n) is 6.96. The minimum absolute atomic E-state index is 0.0228. The molecule has 1 aromatic carbocycles. The summed E-state index contributed by atoms with van der Waals surface area (Å²) in [5.41, 5.74) is 1.07. The van der Waals surface area contributed by atoms with E-state index in [2.05, 4.69) is 32.9 Å². The van der Waals surface area contributed by atoms with Gasteiger partial charge in [-0.05, 0) is 38.2 Å². The summed E-state index contributed by atoms with van der Waals surface area (Å²) in [6.45, 7) is 12.6. The zero-order chi connectivity index (χ0) is 13.8. The maximum absolute atomic E-state index is 5.67. The monoisotopic (exact) mass is 250 g/mol. The first-order valence-electron chi connectivity index (χ1n) is 6.57. The van der Waals surface area contributed by atoms with Crippen molar-refractivity contribution in [2.24, 2.45) is 5.41 Å². The fourth-order valence-corrected chi connectivity index (χ4v) is 1.63. The fourth-order valence-electron chi connectivity index (χ4n) is 1.63. The first-order valence-corrected chi connectivity index (χ1v) is 6.57. The molecule has 1 atom stereocenters. The van der Waals surface area contributed by atoms with E-state index < -0.39 is 0 Å². The van der Waals surface area contributed by atoms with Gasteiger partial charge in [-0.15, -0.1) is 0 Å². The molecule has 102 valence electrons. The summed E-state index contributed by atoms with van der Waals surface area (Å²) in [7, 11) is 0. The van der Waals surface area contributed by atoms with Crippen LogP contribution in [0, 0.1) is 5.41 Å². The quantitative estimate of drug-likeness (QED) is 0.558. The summed E-state index contributed by atoms with van der Waals surface area (Å²) in [4.78, 5) is 11.2. The van der Waals surface area contributed by atoms with Crippen LogP contribution in [0.25, 0.3) is 0 Å². The van der Waals surface area contributed by atoms with Gasteiger partial charge >= 0.3 is 0 Å². The molecule has 2 nitrogen and oxygen atoms in total. The van der Waals surface area contributed by atoms with E-state index in [4.69, 9.17) is 9.78 Å². The molecule has 0 amide bonds. The Kier molecular flexibility index (Phi) is 4.94. The van der Waals surface area contributed by atoms with Crippen molar-refractivity contribution in [2.75, 3.05) is 0 Å². The van der Waals surface area contributed by atoms with Crippen molar-refractivity contribution in [3.05, 3.63) is 35.9 Å². The molecular weight excluding hydrogens is 224 g/mol. The maximum Gasteiger partial charge on any atom is 0.118 e. The average molecular weight is 250 g/mol. The topological polar surface area (TPSA) is 18.5 Å². The molecule has 0 N–H and O–H groups in total. The van der Waals surface area contributed by atoms with E-state index in [9.17, 15) is 0 Å². The van der Waals surface area contributed by atoms with E-state index in [0.717, 1.165) is 12.0 Å². The lowest BCUT2D eigenvalue weighted by Gasteiger charge is -2.28. The Morgan fingerprint density at radius 3 is 1.94 bits per heavy atom. The molecule has 2 heteroatoms. The number of rotatable bonds is 4. The van der Waals surface area contributed by atoms with Gasteiger partial charge in [0.1, 0.15) is 6.10 Å². The van der Waals surface area contributed by atoms with Crippen LogP contribution in [0.5, 0.6) is 0 Å². The van der Waals surface area contributed by atoms with Crippen LogP contribution in [0.1, 0.15) is 59.6 Å². The first kappa shape index (κ1) is 15.2. The lowest BCUT2D eigenvalue weighted by molar-refractivity contribution is -0.379. The van der Waals surface area contributed by atoms with Crippen LogP contribution in [-0.4, -0.2) is 5.60 Å². The van der Waals surface area contributed by atoms with Crippen LogP contribution in [0.2, 0.25) is 0 Å². The Bertz CT molecular complexity index is 344. The minimum Gasteiger partial charge on any atom is -0.230 e. The van der Waals surface area contributed by atoms with Crippen LogP contribution >= 0.6 is 0 Å². The first-order chi connectivity index (χ1) is 8.17. The van der Waals surface area contributed by atoms with Gasteiger partial charge < -0.3 is 0 Å². The molecule has 0 aliphatic heterocycles. The number of hydrogen-bond donors (Lipinski definition) is 0. The van der Waals surface area contributed by atoms with Gasteiger partial charge in [-0.2, -0.15) is 0 Å². The van der Waals surface area contributed by atoms with E-state index in [0.29, 0.717) is 0 Å². The summed E-state index contributed by atoms with van der Waals surface area (Å²) < 4.78 is 0. The van der Waals surface area contributed by atoms with Crippen molar-refractivity contribution in [1.82, 2.24) is 0 Å². The third-order valence-electron chi connectivity index (χ3n) is 2.38. The third kappa shape index (κ3) is 6.18. The van der Waals surface area contributed by atoms with E-state index >= 15 is 0 Å². The van der Waals surface area contributed by atoms with Gasteiger partial charge in [0.05, 0.1) is 5.60 Å². The SMILES string of the molecule is CC(C)(C)CC(OOC(C)(C)C)c1ccccc1. The minimum atomic E-state index is -0.287. The lowest BCUT2D eigenvalue weighted by Crippen LogP contribution is -2.23. The van der Waals surface area contributed by atoms with Gasteiger partial charge in [0, 0.05) is 0 Å². The van der Waals surface area contributed by atoms with Crippen molar-refractivity contribution in [3.63, 3.8) is 0 Å². The second kappa shape index (κ2) is 5.85. The molecule has 0 saturated carbocycles. The summed E-state index contributed by atoms with van der Waals surface area (Å²) in [5, 5.41) is 0. The predicted octanol–water partition coefficient (Wildman–Crippen LogP) is 4.91. The van der Waals surface area contributed by atoms with E-state index in [-0.39, 0.29) is 17.1 Å². The van der Waals surface area contributed by atoms with Crippen molar-refractivity contribution < 1.29 is 9.78 Å². The molecule has 0 fully saturated rings. The van der Waals surface area contributed by atoms with E-state index in [1.807, 2.05) is 39.0 Å². The molecule has 1 rings (SSSR count). The molecule has 0 saturated heterocycles. The van der Waals surface area contributed by atoms with Gasteiger partial charge in [0.25, 0.3) is 0 Å². The van der Waals surface area contributed by atoms with Crippen LogP contribution < -0.4 is 0 Å². The second-order valence-corrected chi connectivity index (χ2v) is 6.96. The zero-order valence-corrected chi connectivity index (χ0v) is 12.5. The van der Waals surface area contributed by atoms with Gasteiger partial charge in [-0.1, -0.05) is 51.1 Å². The molecule has 0 aromatic heterocycles. The molecular formula is C16H26O2. The standard InChI is InChI=1S/C16H26O2/c1-15(2,3)12-14(17-18-16(4,5)6)13-10-8-7-9-11-13/h7-11,14H,12H2,1-6H3. The highest BCUT2D eigenvalue weighted by Crippen LogP contribution is 2.33. The largest absolute Gasteiger partial charge is 0.230 e. The van der Waals surface area contributed by atoms with E-state index in [1.165, 1.54) is 0 Å². The Hall–Kier alpha value is -0.860. The molecule has 0 spiro atoms. The molecule has 0 heterocycles. The molecule has 0 bridgehead atoms. The van der Waals surface area contributed by atoms with Crippen molar-refractivity contribution in [3.8, 4) is 0 Å². The van der Waals surface area contributed by atoms with Crippen LogP contribution in [-0.2, 0) is 9.78 Å². The zero-order valence-electron chi connectivity index (χ0n) is 12.5. The predicted molar refractivity (Wildman–Crippen MR) is 75.2 cm³/mol. The maximum atomic E-state index is 5.67. The summed E-state index contributed by atoms with van der Waals surface area (Å²) in [6, 6.07) is 10.3. The van der Waals surface area contributed by atoms with Gasteiger partial charge in [0.2, 0.25) is 0 Å². The Labute approximate surface area is 111 Å². The van der Waals surface area contributed by atoms with Crippen molar-refractivity contribution in [1.29, 1.82) is 0 Å². The summed E-state index contributed by atoms with van der Waals surface area (Å²) in [6.07, 6.45) is 0.901. The highest BCUT2D eigenvalue weighted by atomic mass is 17.2. The third-order valence-corrected chi connectivity index (χ3v) is 2.38. The highest BCUT2D eigenvalue weighted by molar-refractivity contribution is 5.17. The van der Waals surface area contributed by atoms with Crippen molar-refractivity contribution >= 4 is 0 Å². The van der Waals surface area contributed by atoms with Gasteiger partial charge in [-0.25, -0.2) is 9.78 Å². The van der Waals surface area contributed by atoms with Gasteiger partial charge in [-0.3, -0.25) is 0 Å². The van der Waals surface area contributed by atoms with E-state index in [1.54, 1.807) is 0 Å². The lowest BCUT2D eigenvalue weighted by atomic mass is 9.87. The molecule has 0 radical (unpaired) electrons. The van der Waals surface area contributed by atoms with Crippen LogP contribution in [0.3, 0.4) is 0 Å². The van der Waals surface area contributed by atoms with Gasteiger partial charge in [0.15, 0.2) is 0 Å². The molecule has 1 aromatic rings. The average Bonchev–Trinajstić information content (AvgIpc) is 2.23. The highest BCUT2D eigenvalue weighted by Gasteiger charge is 2.24. The van der Waals surface area contributed by atoms with Crippen molar-refractivity contribution in [2.45, 2.75) is 59.7 Å². The smallest absolute Gasteiger partial charge is 0.118 e. The van der Waals surface area contributed by atoms with Crippen LogP contribution in [0.4, 0.5) is 0 Å². The number of benzene rings is 1. The normalized spacial score (nSPS) is 14.6. The molecule has 18 heavy (non-hydrogen) atoms. The molecule has 1 unspecified atom stereocenters. The summed E-state index contributed by atoms with van der Waals surface area (Å²) in [5.74, 6) is 0. The molecule has 0 aliphatic carbocycles. The fraction of sp³-hybridized carbons (Fsp3) is 0.625.